The van der Waals surface area contributed by atoms with Gasteiger partial charge in [0.25, 0.3) is 5.91 Å². The fourth-order valence-corrected chi connectivity index (χ4v) is 6.39. The van der Waals surface area contributed by atoms with Gasteiger partial charge in [0.05, 0.1) is 18.3 Å². The summed E-state index contributed by atoms with van der Waals surface area (Å²) in [6.07, 6.45) is -0.673. The van der Waals surface area contributed by atoms with E-state index in [-0.39, 0.29) is 36.4 Å². The van der Waals surface area contributed by atoms with E-state index in [9.17, 15) is 31.9 Å². The van der Waals surface area contributed by atoms with Crippen molar-refractivity contribution in [3.8, 4) is 11.1 Å². The van der Waals surface area contributed by atoms with Gasteiger partial charge in [-0.3, -0.25) is 19.8 Å². The third kappa shape index (κ3) is 8.27. The maximum absolute atomic E-state index is 14.3. The first-order valence-corrected chi connectivity index (χ1v) is 16.4. The van der Waals surface area contributed by atoms with E-state index in [4.69, 9.17) is 0 Å². The van der Waals surface area contributed by atoms with Crippen molar-refractivity contribution in [3.05, 3.63) is 106 Å². The highest BCUT2D eigenvalue weighted by atomic mass is 19.4. The highest BCUT2D eigenvalue weighted by molar-refractivity contribution is 5.95. The Morgan fingerprint density at radius 2 is 1.79 bits per heavy atom. The summed E-state index contributed by atoms with van der Waals surface area (Å²) >= 11 is 0. The maximum atomic E-state index is 14.3. The highest BCUT2D eigenvalue weighted by Crippen LogP contribution is 2.36. The van der Waals surface area contributed by atoms with Crippen LogP contribution in [-0.4, -0.2) is 50.0 Å². The number of nitrogens with one attached hydrogen (secondary N) is 1. The molecule has 0 saturated carbocycles. The minimum Gasteiger partial charge on any atom is -0.377 e. The highest BCUT2D eigenvalue weighted by Gasteiger charge is 2.39. The summed E-state index contributed by atoms with van der Waals surface area (Å²) in [6, 6.07) is 12.9. The van der Waals surface area contributed by atoms with Gasteiger partial charge in [-0.2, -0.15) is 18.3 Å². The van der Waals surface area contributed by atoms with E-state index in [0.29, 0.717) is 60.4 Å². The summed E-state index contributed by atoms with van der Waals surface area (Å²) in [7, 11) is 0. The summed E-state index contributed by atoms with van der Waals surface area (Å²) in [4.78, 5) is 19.8. The van der Waals surface area contributed by atoms with Crippen molar-refractivity contribution in [2.75, 3.05) is 13.1 Å². The van der Waals surface area contributed by atoms with Gasteiger partial charge >= 0.3 is 6.18 Å². The molecule has 2 N–H and O–H groups in total. The zero-order chi connectivity index (χ0) is 34.4. The summed E-state index contributed by atoms with van der Waals surface area (Å²) in [6.45, 7) is 4.89. The molecule has 1 aliphatic rings. The van der Waals surface area contributed by atoms with Gasteiger partial charge in [-0.15, -0.1) is 0 Å². The topological polar surface area (TPSA) is 83.3 Å². The first kappa shape index (κ1) is 35.2. The van der Waals surface area contributed by atoms with Crippen LogP contribution in [0.25, 0.3) is 11.1 Å². The van der Waals surface area contributed by atoms with Crippen LogP contribution in [-0.2, 0) is 32.0 Å². The molecule has 5 rings (SSSR count). The van der Waals surface area contributed by atoms with E-state index < -0.39 is 35.8 Å². The molecule has 0 radical (unpaired) electrons. The molecule has 0 aliphatic heterocycles. The molecule has 2 aromatic carbocycles. The second kappa shape index (κ2) is 15.4. The average Bonchev–Trinajstić information content (AvgIpc) is 3.43. The third-order valence-corrected chi connectivity index (χ3v) is 8.67. The lowest BCUT2D eigenvalue weighted by Gasteiger charge is -2.25. The number of unbranched alkanes of at least 4 members (excludes halogenated alkanes) is 1. The number of amides is 1. The van der Waals surface area contributed by atoms with Crippen LogP contribution in [0.4, 0.5) is 22.0 Å². The molecule has 2 unspecified atom stereocenters. The van der Waals surface area contributed by atoms with Crippen molar-refractivity contribution in [2.24, 2.45) is 0 Å². The van der Waals surface area contributed by atoms with E-state index in [1.165, 1.54) is 16.8 Å². The Labute approximate surface area is 276 Å². The number of carbonyl (C=O) groups excluding carboxylic acids is 1. The number of nitrogens with zero attached hydrogens (tertiary/aromatic N) is 4. The van der Waals surface area contributed by atoms with Crippen molar-refractivity contribution >= 4 is 5.91 Å². The number of rotatable bonds is 13. The second-order valence-corrected chi connectivity index (χ2v) is 12.1. The van der Waals surface area contributed by atoms with Gasteiger partial charge in [0.2, 0.25) is 0 Å². The molecule has 4 aromatic rings. The number of aliphatic hydroxyl groups is 1. The van der Waals surface area contributed by atoms with Gasteiger partial charge in [-0.25, -0.2) is 8.78 Å². The lowest BCUT2D eigenvalue weighted by Crippen LogP contribution is -2.38. The maximum Gasteiger partial charge on any atom is 0.435 e. The Kier molecular flexibility index (Phi) is 11.3. The van der Waals surface area contributed by atoms with E-state index >= 15 is 0 Å². The molecule has 48 heavy (non-hydrogen) atoms. The monoisotopic (exact) mass is 669 g/mol. The molecule has 2 atom stereocenters. The zero-order valence-corrected chi connectivity index (χ0v) is 27.0. The van der Waals surface area contributed by atoms with Crippen molar-refractivity contribution in [1.82, 2.24) is 25.0 Å². The standard InChI is InChI=1S/C36H40F5N5O2/c1-3-5-16-45(4-2)35(48)25-11-8-10-24(20-25)28-13-9-15-42-33(28)30(19-23-17-26(37)21-27(38)18-23)43-32(47)22-46-31-14-7-6-12-29(31)34(44-46)36(39,40)41/h8-11,13,15,17-18,20-21,30,32,43,47H,3-7,12,14,16,19,22H2,1-2H3. The minimum absolute atomic E-state index is 0.0139. The Hall–Kier alpha value is -4.16. The summed E-state index contributed by atoms with van der Waals surface area (Å²) in [5, 5.41) is 18.2. The van der Waals surface area contributed by atoms with Gasteiger partial charge < -0.3 is 10.0 Å². The average molecular weight is 670 g/mol. The van der Waals surface area contributed by atoms with E-state index in [2.05, 4.69) is 22.3 Å². The van der Waals surface area contributed by atoms with Crippen LogP contribution in [0, 0.1) is 11.6 Å². The first-order valence-electron chi connectivity index (χ1n) is 16.4. The van der Waals surface area contributed by atoms with Crippen LogP contribution in [0.15, 0.2) is 60.8 Å². The van der Waals surface area contributed by atoms with Crippen LogP contribution in [0.3, 0.4) is 0 Å². The van der Waals surface area contributed by atoms with E-state index in [1.54, 1.807) is 41.4 Å². The number of benzene rings is 2. The molecule has 1 aliphatic carbocycles. The molecule has 1 amide bonds. The van der Waals surface area contributed by atoms with Crippen LogP contribution < -0.4 is 5.32 Å². The van der Waals surface area contributed by atoms with Gasteiger partial charge in [0.15, 0.2) is 5.69 Å². The Morgan fingerprint density at radius 3 is 2.50 bits per heavy atom. The molecule has 7 nitrogen and oxygen atoms in total. The number of carbonyl (C=O) groups is 1. The minimum atomic E-state index is -4.63. The predicted octanol–water partition coefficient (Wildman–Crippen LogP) is 7.28. The number of aromatic nitrogens is 3. The Morgan fingerprint density at radius 1 is 1.04 bits per heavy atom. The lowest BCUT2D eigenvalue weighted by molar-refractivity contribution is -0.142. The number of hydrogen-bond donors (Lipinski definition) is 2. The first-order chi connectivity index (χ1) is 23.0. The van der Waals surface area contributed by atoms with Gasteiger partial charge in [-0.1, -0.05) is 31.5 Å². The predicted molar refractivity (Wildman–Crippen MR) is 172 cm³/mol. The largest absolute Gasteiger partial charge is 0.435 e. The molecular formula is C36H40F5N5O2. The fraction of sp³-hybridized carbons (Fsp3) is 0.417. The molecule has 0 fully saturated rings. The Bertz CT molecular complexity index is 1700. The summed E-state index contributed by atoms with van der Waals surface area (Å²) < 4.78 is 71.2. The molecule has 0 spiro atoms. The zero-order valence-electron chi connectivity index (χ0n) is 27.0. The van der Waals surface area contributed by atoms with Gasteiger partial charge in [-0.05, 0) is 86.9 Å². The number of aliphatic hydroxyl groups excluding tert-OH is 1. The molecule has 2 aromatic heterocycles. The molecule has 0 bridgehead atoms. The molecule has 2 heterocycles. The van der Waals surface area contributed by atoms with Crippen LogP contribution >= 0.6 is 0 Å². The third-order valence-electron chi connectivity index (χ3n) is 8.67. The number of hydrogen-bond acceptors (Lipinski definition) is 5. The summed E-state index contributed by atoms with van der Waals surface area (Å²) in [5.41, 5.74) is 2.13. The summed E-state index contributed by atoms with van der Waals surface area (Å²) in [5.74, 6) is -1.66. The molecule has 0 saturated heterocycles. The van der Waals surface area contributed by atoms with Crippen LogP contribution in [0.1, 0.15) is 84.1 Å². The molecule has 12 heteroatoms. The normalized spacial score (nSPS) is 14.4. The van der Waals surface area contributed by atoms with Crippen molar-refractivity contribution in [1.29, 1.82) is 0 Å². The second-order valence-electron chi connectivity index (χ2n) is 12.1. The quantitative estimate of drug-likeness (QED) is 0.116. The molecular weight excluding hydrogens is 629 g/mol. The lowest BCUT2D eigenvalue weighted by atomic mass is 9.94. The number of pyridine rings is 1. The van der Waals surface area contributed by atoms with Gasteiger partial charge in [0, 0.05) is 47.7 Å². The number of alkyl halides is 3. The Balaban J connectivity index is 1.49. The van der Waals surface area contributed by atoms with Crippen molar-refractivity contribution in [2.45, 2.75) is 83.8 Å². The number of halogens is 5. The van der Waals surface area contributed by atoms with Crippen LogP contribution in [0.2, 0.25) is 0 Å². The van der Waals surface area contributed by atoms with Crippen molar-refractivity contribution in [3.63, 3.8) is 0 Å². The SMILES string of the molecule is CCCCN(CC)C(=O)c1cccc(-c2cccnc2C(Cc2cc(F)cc(F)c2)NC(O)Cn2nc(C(F)(F)F)c3c2CCCC3)c1. The van der Waals surface area contributed by atoms with Crippen molar-refractivity contribution < 1.29 is 31.9 Å². The number of fused-ring (bicyclic) bond motifs is 1. The fourth-order valence-electron chi connectivity index (χ4n) is 6.39. The van der Waals surface area contributed by atoms with E-state index in [1.807, 2.05) is 13.0 Å². The van der Waals surface area contributed by atoms with Gasteiger partial charge in [0.1, 0.15) is 17.9 Å². The van der Waals surface area contributed by atoms with E-state index in [0.717, 1.165) is 18.9 Å². The van der Waals surface area contributed by atoms with Crippen LogP contribution in [0.5, 0.6) is 0 Å². The molecule has 256 valence electrons. The smallest absolute Gasteiger partial charge is 0.377 e.